The van der Waals surface area contributed by atoms with Crippen molar-refractivity contribution in [3.05, 3.63) is 59.1 Å². The van der Waals surface area contributed by atoms with Gasteiger partial charge in [0, 0.05) is 19.8 Å². The highest BCUT2D eigenvalue weighted by molar-refractivity contribution is 6.32. The van der Waals surface area contributed by atoms with E-state index in [1.165, 1.54) is 15.6 Å². The lowest BCUT2D eigenvalue weighted by Gasteiger charge is -2.08. The van der Waals surface area contributed by atoms with Gasteiger partial charge in [-0.15, -0.1) is 0 Å². The lowest BCUT2D eigenvalue weighted by atomic mass is 10.3. The van der Waals surface area contributed by atoms with E-state index in [4.69, 9.17) is 16.3 Å². The predicted octanol–water partition coefficient (Wildman–Crippen LogP) is 2.70. The Kier molecular flexibility index (Phi) is 6.50. The van der Waals surface area contributed by atoms with Crippen molar-refractivity contribution < 1.29 is 14.3 Å². The maximum atomic E-state index is 12.5. The molecule has 2 aromatic heterocycles. The first kappa shape index (κ1) is 20.4. The van der Waals surface area contributed by atoms with Crippen LogP contribution in [0.1, 0.15) is 34.3 Å². The van der Waals surface area contributed by atoms with Crippen molar-refractivity contribution in [3.63, 3.8) is 0 Å². The van der Waals surface area contributed by atoms with Crippen LogP contribution >= 0.6 is 11.6 Å². The number of nitrogens with one attached hydrogen (secondary N) is 2. The maximum absolute atomic E-state index is 12.5. The molecule has 9 nitrogen and oxygen atoms in total. The number of aryl methyl sites for hydroxylation is 1. The van der Waals surface area contributed by atoms with Crippen LogP contribution in [0.3, 0.4) is 0 Å². The molecule has 0 atom stereocenters. The van der Waals surface area contributed by atoms with E-state index < -0.39 is 5.91 Å². The van der Waals surface area contributed by atoms with Crippen LogP contribution in [0.15, 0.2) is 42.7 Å². The summed E-state index contributed by atoms with van der Waals surface area (Å²) in [5.41, 5.74) is 0.762. The van der Waals surface area contributed by atoms with E-state index >= 15 is 0 Å². The number of hydrogen-bond donors (Lipinski definition) is 2. The van der Waals surface area contributed by atoms with Crippen molar-refractivity contribution in [2.45, 2.75) is 20.1 Å². The van der Waals surface area contributed by atoms with Gasteiger partial charge in [-0.3, -0.25) is 14.3 Å². The summed E-state index contributed by atoms with van der Waals surface area (Å²) in [7, 11) is 1.64. The summed E-state index contributed by atoms with van der Waals surface area (Å²) in [6, 6.07) is 8.64. The minimum atomic E-state index is -0.459. The normalized spacial score (nSPS) is 10.6. The number of carbonyl (C=O) groups is 2. The van der Waals surface area contributed by atoms with Crippen molar-refractivity contribution in [2.75, 3.05) is 11.9 Å². The number of nitrogens with zero attached hydrogens (tertiary/aromatic N) is 4. The van der Waals surface area contributed by atoms with E-state index in [2.05, 4.69) is 20.8 Å². The Morgan fingerprint density at radius 2 is 2.00 bits per heavy atom. The third kappa shape index (κ3) is 4.94. The highest BCUT2D eigenvalue weighted by Gasteiger charge is 2.20. The quantitative estimate of drug-likeness (QED) is 0.587. The summed E-state index contributed by atoms with van der Waals surface area (Å²) in [5, 5.41) is 14.2. The molecule has 29 heavy (non-hydrogen) atoms. The van der Waals surface area contributed by atoms with Crippen LogP contribution in [0.25, 0.3) is 0 Å². The molecule has 0 saturated carbocycles. The molecule has 10 heteroatoms. The van der Waals surface area contributed by atoms with Gasteiger partial charge < -0.3 is 15.4 Å². The number of benzene rings is 1. The molecule has 3 rings (SSSR count). The number of aromatic nitrogens is 4. The van der Waals surface area contributed by atoms with Crippen molar-refractivity contribution in [1.29, 1.82) is 0 Å². The number of amides is 2. The predicted molar refractivity (Wildman–Crippen MR) is 108 cm³/mol. The molecule has 0 aliphatic heterocycles. The van der Waals surface area contributed by atoms with Gasteiger partial charge >= 0.3 is 0 Å². The first-order valence-electron chi connectivity index (χ1n) is 9.02. The Balaban J connectivity index is 1.65. The number of rotatable bonds is 8. The minimum absolute atomic E-state index is 0.0918. The van der Waals surface area contributed by atoms with Crippen LogP contribution in [-0.2, 0) is 13.8 Å². The van der Waals surface area contributed by atoms with E-state index in [1.54, 1.807) is 37.5 Å². The number of ether oxygens (including phenoxy) is 1. The average molecular weight is 417 g/mol. The molecule has 2 N–H and O–H groups in total. The van der Waals surface area contributed by atoms with Crippen LogP contribution in [0.2, 0.25) is 5.02 Å². The van der Waals surface area contributed by atoms with Gasteiger partial charge in [-0.1, -0.05) is 30.7 Å². The van der Waals surface area contributed by atoms with Crippen molar-refractivity contribution in [1.82, 2.24) is 24.9 Å². The summed E-state index contributed by atoms with van der Waals surface area (Å²) in [4.78, 5) is 24.8. The molecule has 2 amide bonds. The fourth-order valence-electron chi connectivity index (χ4n) is 2.56. The van der Waals surface area contributed by atoms with Crippen molar-refractivity contribution in [2.24, 2.45) is 7.05 Å². The molecular weight excluding hydrogens is 396 g/mol. The number of anilines is 1. The van der Waals surface area contributed by atoms with E-state index in [0.717, 1.165) is 6.42 Å². The summed E-state index contributed by atoms with van der Waals surface area (Å²) >= 11 is 6.05. The zero-order valence-corrected chi connectivity index (χ0v) is 16.8. The Morgan fingerprint density at radius 1 is 1.21 bits per heavy atom. The van der Waals surface area contributed by atoms with Gasteiger partial charge in [-0.25, -0.2) is 4.68 Å². The summed E-state index contributed by atoms with van der Waals surface area (Å²) in [5.74, 6) is -0.242. The lowest BCUT2D eigenvalue weighted by Crippen LogP contribution is -2.27. The maximum Gasteiger partial charge on any atom is 0.276 e. The summed E-state index contributed by atoms with van der Waals surface area (Å²) < 4.78 is 8.48. The fraction of sp³-hybridized carbons (Fsp3) is 0.263. The number of hydrogen-bond acceptors (Lipinski definition) is 5. The molecule has 0 unspecified atom stereocenters. The molecule has 0 aliphatic carbocycles. The second-order valence-corrected chi connectivity index (χ2v) is 6.59. The molecule has 0 fully saturated rings. The monoisotopic (exact) mass is 416 g/mol. The van der Waals surface area contributed by atoms with Gasteiger partial charge in [-0.2, -0.15) is 10.2 Å². The van der Waals surface area contributed by atoms with Gasteiger partial charge in [0.2, 0.25) is 0 Å². The first-order valence-corrected chi connectivity index (χ1v) is 9.39. The van der Waals surface area contributed by atoms with Crippen LogP contribution < -0.4 is 15.4 Å². The zero-order valence-electron chi connectivity index (χ0n) is 16.1. The second kappa shape index (κ2) is 9.24. The van der Waals surface area contributed by atoms with Crippen molar-refractivity contribution in [3.8, 4) is 5.75 Å². The smallest absolute Gasteiger partial charge is 0.276 e. The highest BCUT2D eigenvalue weighted by atomic mass is 35.5. The zero-order chi connectivity index (χ0) is 20.8. The molecule has 0 bridgehead atoms. The van der Waals surface area contributed by atoms with Gasteiger partial charge in [0.1, 0.15) is 11.4 Å². The SMILES string of the molecule is CCCNC(=O)c1c(NC(=O)c2ccn(COc3ccccc3Cl)n2)cnn1C. The standard InChI is InChI=1S/C19H21ClN6O3/c1-3-9-21-19(28)17-15(11-22-25(17)2)23-18(27)14-8-10-26(24-14)12-29-16-7-5-4-6-13(16)20/h4-8,10-11H,3,9,12H2,1-2H3,(H,21,28)(H,23,27). The molecule has 0 saturated heterocycles. The van der Waals surface area contributed by atoms with Crippen molar-refractivity contribution >= 4 is 29.1 Å². The Morgan fingerprint density at radius 3 is 2.76 bits per heavy atom. The Labute approximate surface area is 172 Å². The van der Waals surface area contributed by atoms with Gasteiger partial charge in [0.25, 0.3) is 11.8 Å². The van der Waals surface area contributed by atoms with E-state index in [1.807, 2.05) is 13.0 Å². The van der Waals surface area contributed by atoms with Crippen LogP contribution in [0.4, 0.5) is 5.69 Å². The topological polar surface area (TPSA) is 103 Å². The van der Waals surface area contributed by atoms with Crippen LogP contribution in [0, 0.1) is 0 Å². The van der Waals surface area contributed by atoms with Gasteiger partial charge in [-0.05, 0) is 24.6 Å². The molecular formula is C19H21ClN6O3. The van der Waals surface area contributed by atoms with E-state index in [0.29, 0.717) is 23.0 Å². The van der Waals surface area contributed by atoms with Gasteiger partial charge in [0.15, 0.2) is 12.4 Å². The molecule has 0 radical (unpaired) electrons. The fourth-order valence-corrected chi connectivity index (χ4v) is 2.75. The molecule has 1 aromatic carbocycles. The average Bonchev–Trinajstić information content (AvgIpc) is 3.32. The van der Waals surface area contributed by atoms with Gasteiger partial charge in [0.05, 0.1) is 16.9 Å². The molecule has 2 heterocycles. The molecule has 0 aliphatic rings. The molecule has 0 spiro atoms. The third-order valence-electron chi connectivity index (χ3n) is 4.00. The van der Waals surface area contributed by atoms with Crippen LogP contribution in [-0.4, -0.2) is 37.9 Å². The second-order valence-electron chi connectivity index (χ2n) is 6.18. The Hall–Kier alpha value is -3.33. The third-order valence-corrected chi connectivity index (χ3v) is 4.31. The minimum Gasteiger partial charge on any atom is -0.470 e. The van der Waals surface area contributed by atoms with E-state index in [9.17, 15) is 9.59 Å². The molecule has 3 aromatic rings. The molecule has 152 valence electrons. The van der Waals surface area contributed by atoms with Crippen LogP contribution in [0.5, 0.6) is 5.75 Å². The largest absolute Gasteiger partial charge is 0.470 e. The highest BCUT2D eigenvalue weighted by Crippen LogP contribution is 2.23. The summed E-state index contributed by atoms with van der Waals surface area (Å²) in [6.45, 7) is 2.58. The lowest BCUT2D eigenvalue weighted by molar-refractivity contribution is 0.0945. The Bertz CT molecular complexity index is 1010. The number of halogens is 1. The summed E-state index contributed by atoms with van der Waals surface area (Å²) in [6.07, 6.45) is 3.85. The van der Waals surface area contributed by atoms with E-state index in [-0.39, 0.29) is 24.0 Å². The first-order chi connectivity index (χ1) is 14.0. The number of carbonyl (C=O) groups excluding carboxylic acids is 2. The number of para-hydroxylation sites is 1.